The number of halogens is 3. The van der Waals surface area contributed by atoms with Gasteiger partial charge < -0.3 is 9.13 Å². The van der Waals surface area contributed by atoms with Crippen molar-refractivity contribution in [1.29, 1.82) is 0 Å². The molecular formula is C16H23Cl3N8O4. The first-order valence-corrected chi connectivity index (χ1v) is 8.22. The van der Waals surface area contributed by atoms with Gasteiger partial charge in [0, 0.05) is 42.3 Å². The van der Waals surface area contributed by atoms with E-state index in [4.69, 9.17) is 0 Å². The van der Waals surface area contributed by atoms with Crippen molar-refractivity contribution in [3.8, 4) is 0 Å². The van der Waals surface area contributed by atoms with Crippen molar-refractivity contribution in [1.82, 2.24) is 37.4 Å². The third-order valence-electron chi connectivity index (χ3n) is 4.63. The molecule has 4 heterocycles. The summed E-state index contributed by atoms with van der Waals surface area (Å²) in [4.78, 5) is 54.3. The van der Waals surface area contributed by atoms with Gasteiger partial charge in [0.2, 0.25) is 0 Å². The van der Waals surface area contributed by atoms with E-state index in [0.29, 0.717) is 22.3 Å². The lowest BCUT2D eigenvalue weighted by Crippen LogP contribution is -2.37. The van der Waals surface area contributed by atoms with Crippen LogP contribution in [0, 0.1) is 0 Å². The SMILES string of the molecule is Cl.Cl.Cl.Cn1c(=O)c2c(ncn2C)n(C)c1=O.Cn1c(=O)c2c(ncn2C)n(C)c1=O. The summed E-state index contributed by atoms with van der Waals surface area (Å²) in [6, 6.07) is 0. The van der Waals surface area contributed by atoms with E-state index in [2.05, 4.69) is 9.97 Å². The van der Waals surface area contributed by atoms with Crippen LogP contribution in [0.1, 0.15) is 0 Å². The Morgan fingerprint density at radius 2 is 0.839 bits per heavy atom. The third-order valence-corrected chi connectivity index (χ3v) is 4.63. The Kier molecular flexibility index (Phi) is 9.07. The van der Waals surface area contributed by atoms with Gasteiger partial charge in [0.1, 0.15) is 0 Å². The van der Waals surface area contributed by atoms with Gasteiger partial charge in [-0.1, -0.05) is 0 Å². The van der Waals surface area contributed by atoms with E-state index in [-0.39, 0.29) is 59.7 Å². The maximum atomic E-state index is 11.7. The van der Waals surface area contributed by atoms with E-state index >= 15 is 0 Å². The molecule has 15 heteroatoms. The maximum Gasteiger partial charge on any atom is 0.332 e. The lowest BCUT2D eigenvalue weighted by atomic mass is 10.5. The Labute approximate surface area is 193 Å². The van der Waals surface area contributed by atoms with Crippen LogP contribution in [0.4, 0.5) is 0 Å². The molecule has 4 aromatic rings. The van der Waals surface area contributed by atoms with Crippen LogP contribution in [-0.4, -0.2) is 37.4 Å². The van der Waals surface area contributed by atoms with E-state index in [9.17, 15) is 19.2 Å². The number of hydrogen-bond acceptors (Lipinski definition) is 6. The summed E-state index contributed by atoms with van der Waals surface area (Å²) >= 11 is 0. The number of nitrogens with zero attached hydrogens (tertiary/aromatic N) is 8. The first kappa shape index (κ1) is 28.2. The Hall–Kier alpha value is -2.83. The Bertz CT molecular complexity index is 1360. The standard InChI is InChI=1S/2C8H10N4O2.3ClH/c2*1-10-4-9-6-5(10)7(13)12(3)8(14)11(6)2;;;/h2*4H,1-3H3;3*1H. The molecule has 0 saturated carbocycles. The van der Waals surface area contributed by atoms with Crippen LogP contribution in [0.5, 0.6) is 0 Å². The zero-order chi connectivity index (χ0) is 20.9. The number of hydrogen-bond donors (Lipinski definition) is 0. The minimum Gasteiger partial charge on any atom is -0.328 e. The average Bonchev–Trinajstić information content (AvgIpc) is 3.25. The van der Waals surface area contributed by atoms with Gasteiger partial charge in [-0.05, 0) is 0 Å². The molecule has 0 aromatic carbocycles. The molecule has 0 aliphatic carbocycles. The van der Waals surface area contributed by atoms with Crippen LogP contribution >= 0.6 is 37.2 Å². The molecule has 0 atom stereocenters. The molecular weight excluding hydrogens is 475 g/mol. The van der Waals surface area contributed by atoms with Gasteiger partial charge in [0.05, 0.1) is 12.7 Å². The van der Waals surface area contributed by atoms with Gasteiger partial charge in [0.15, 0.2) is 22.3 Å². The number of aromatic nitrogens is 8. The zero-order valence-corrected chi connectivity index (χ0v) is 20.0. The topological polar surface area (TPSA) is 124 Å². The fourth-order valence-corrected chi connectivity index (χ4v) is 2.94. The second-order valence-corrected chi connectivity index (χ2v) is 6.47. The first-order chi connectivity index (χ1) is 13.1. The van der Waals surface area contributed by atoms with Crippen molar-refractivity contribution in [2.45, 2.75) is 0 Å². The van der Waals surface area contributed by atoms with Crippen LogP contribution < -0.4 is 22.5 Å². The van der Waals surface area contributed by atoms with Gasteiger partial charge in [0.25, 0.3) is 11.1 Å². The summed E-state index contributed by atoms with van der Waals surface area (Å²) < 4.78 is 8.08. The predicted molar refractivity (Wildman–Crippen MR) is 124 cm³/mol. The fourth-order valence-electron chi connectivity index (χ4n) is 2.94. The molecule has 0 saturated heterocycles. The Morgan fingerprint density at radius 1 is 0.548 bits per heavy atom. The Balaban J connectivity index is 0.000000529. The highest BCUT2D eigenvalue weighted by molar-refractivity contribution is 5.86. The van der Waals surface area contributed by atoms with Gasteiger partial charge in [-0.3, -0.25) is 27.9 Å². The fraction of sp³-hybridized carbons (Fsp3) is 0.375. The number of rotatable bonds is 0. The molecule has 172 valence electrons. The molecule has 0 unspecified atom stereocenters. The monoisotopic (exact) mass is 496 g/mol. The summed E-state index contributed by atoms with van der Waals surface area (Å²) in [7, 11) is 9.55. The highest BCUT2D eigenvalue weighted by Gasteiger charge is 2.12. The summed E-state index contributed by atoms with van der Waals surface area (Å²) in [5, 5.41) is 0. The van der Waals surface area contributed by atoms with Crippen molar-refractivity contribution in [3.63, 3.8) is 0 Å². The molecule has 4 aromatic heterocycles. The van der Waals surface area contributed by atoms with Crippen molar-refractivity contribution in [2.75, 3.05) is 0 Å². The first-order valence-electron chi connectivity index (χ1n) is 8.22. The average molecular weight is 498 g/mol. The minimum absolute atomic E-state index is 0. The summed E-state index contributed by atoms with van der Waals surface area (Å²) in [5.74, 6) is 0. The van der Waals surface area contributed by atoms with Crippen molar-refractivity contribution in [2.24, 2.45) is 42.3 Å². The maximum absolute atomic E-state index is 11.7. The van der Waals surface area contributed by atoms with Crippen LogP contribution in [0.25, 0.3) is 22.3 Å². The van der Waals surface area contributed by atoms with E-state index in [1.807, 2.05) is 0 Å². The highest BCUT2D eigenvalue weighted by atomic mass is 35.5. The summed E-state index contributed by atoms with van der Waals surface area (Å²) in [5.41, 5.74) is 0.360. The van der Waals surface area contributed by atoms with Crippen molar-refractivity contribution in [3.05, 3.63) is 54.3 Å². The van der Waals surface area contributed by atoms with E-state index in [1.165, 1.54) is 35.9 Å². The summed E-state index contributed by atoms with van der Waals surface area (Å²) in [6.07, 6.45) is 3.04. The second-order valence-electron chi connectivity index (χ2n) is 6.47. The molecule has 0 aliphatic rings. The smallest absolute Gasteiger partial charge is 0.328 e. The van der Waals surface area contributed by atoms with Crippen LogP contribution in [0.2, 0.25) is 0 Å². The van der Waals surface area contributed by atoms with E-state index in [0.717, 1.165) is 9.13 Å². The van der Waals surface area contributed by atoms with Crippen molar-refractivity contribution >= 4 is 59.5 Å². The van der Waals surface area contributed by atoms with E-state index < -0.39 is 0 Å². The third kappa shape index (κ3) is 4.31. The Morgan fingerprint density at radius 3 is 1.13 bits per heavy atom. The van der Waals surface area contributed by atoms with Gasteiger partial charge >= 0.3 is 11.4 Å². The molecule has 12 nitrogen and oxygen atoms in total. The largest absolute Gasteiger partial charge is 0.332 e. The van der Waals surface area contributed by atoms with Gasteiger partial charge in [-0.25, -0.2) is 19.6 Å². The molecule has 0 bridgehead atoms. The molecule has 0 amide bonds. The van der Waals surface area contributed by atoms with Crippen molar-refractivity contribution < 1.29 is 0 Å². The van der Waals surface area contributed by atoms with Crippen LogP contribution in [0.15, 0.2) is 31.8 Å². The molecule has 0 fully saturated rings. The lowest BCUT2D eigenvalue weighted by Gasteiger charge is -2.02. The molecule has 0 aliphatic heterocycles. The zero-order valence-electron chi connectivity index (χ0n) is 17.6. The van der Waals surface area contributed by atoms with E-state index in [1.54, 1.807) is 37.3 Å². The second kappa shape index (κ2) is 9.98. The van der Waals surface area contributed by atoms with Gasteiger partial charge in [-0.15, -0.1) is 37.2 Å². The molecule has 0 N–H and O–H groups in total. The number of aryl methyl sites for hydroxylation is 4. The van der Waals surface area contributed by atoms with Gasteiger partial charge in [-0.2, -0.15) is 0 Å². The molecule has 0 radical (unpaired) electrons. The molecule has 4 rings (SSSR count). The number of fused-ring (bicyclic) bond motifs is 2. The van der Waals surface area contributed by atoms with Crippen LogP contribution in [0.3, 0.4) is 0 Å². The number of imidazole rings is 2. The van der Waals surface area contributed by atoms with Crippen LogP contribution in [-0.2, 0) is 42.3 Å². The quantitative estimate of drug-likeness (QED) is 0.313. The molecule has 0 spiro atoms. The predicted octanol–water partition coefficient (Wildman–Crippen LogP) is -0.793. The molecule has 31 heavy (non-hydrogen) atoms. The minimum atomic E-state index is -0.360. The summed E-state index contributed by atoms with van der Waals surface area (Å²) in [6.45, 7) is 0. The lowest BCUT2D eigenvalue weighted by molar-refractivity contribution is 0.705. The highest BCUT2D eigenvalue weighted by Crippen LogP contribution is 2.02. The normalized spacial score (nSPS) is 10.0.